The molecule has 0 radical (unpaired) electrons. The first kappa shape index (κ1) is 11.5. The highest BCUT2D eigenvalue weighted by molar-refractivity contribution is 5.64. The van der Waals surface area contributed by atoms with E-state index in [9.17, 15) is 18.3 Å². The van der Waals surface area contributed by atoms with E-state index in [1.54, 1.807) is 0 Å². The van der Waals surface area contributed by atoms with Gasteiger partial charge in [-0.15, -0.1) is 0 Å². The van der Waals surface area contributed by atoms with Crippen LogP contribution in [0.5, 0.6) is 5.75 Å². The highest BCUT2D eigenvalue weighted by atomic mass is 19.3. The number of benzene rings is 1. The second-order valence-electron chi connectivity index (χ2n) is 3.48. The van der Waals surface area contributed by atoms with Crippen LogP contribution in [0, 0.1) is 5.82 Å². The van der Waals surface area contributed by atoms with E-state index in [0.29, 0.717) is 5.56 Å². The molecule has 0 aliphatic carbocycles. The molecular weight excluding hydrogens is 233 g/mol. The summed E-state index contributed by atoms with van der Waals surface area (Å²) in [6.07, 6.45) is 0.0707. The molecule has 0 bridgehead atoms. The molecule has 2 aromatic rings. The number of nitrogens with zero attached hydrogens (tertiary/aromatic N) is 2. The summed E-state index contributed by atoms with van der Waals surface area (Å²) in [6.45, 7) is -0.541. The van der Waals surface area contributed by atoms with E-state index in [1.807, 2.05) is 0 Å². The Balaban J connectivity index is 2.34. The van der Waals surface area contributed by atoms with Gasteiger partial charge in [-0.05, 0) is 6.07 Å². The molecule has 6 heteroatoms. The highest BCUT2D eigenvalue weighted by Crippen LogP contribution is 2.27. The minimum Gasteiger partial charge on any atom is -0.505 e. The molecule has 1 aromatic heterocycles. The highest BCUT2D eigenvalue weighted by Gasteiger charge is 2.12. The Morgan fingerprint density at radius 1 is 1.35 bits per heavy atom. The maximum atomic E-state index is 13.5. The van der Waals surface area contributed by atoms with Gasteiger partial charge in [-0.2, -0.15) is 5.10 Å². The first-order valence-corrected chi connectivity index (χ1v) is 4.86. The number of hydrogen-bond acceptors (Lipinski definition) is 2. The van der Waals surface area contributed by atoms with Crippen molar-refractivity contribution in [3.05, 3.63) is 36.4 Å². The molecule has 0 saturated heterocycles. The van der Waals surface area contributed by atoms with Gasteiger partial charge in [0.1, 0.15) is 6.54 Å². The Morgan fingerprint density at radius 2 is 2.12 bits per heavy atom. The minimum atomic E-state index is -2.52. The summed E-state index contributed by atoms with van der Waals surface area (Å²) in [6, 6.07) is 4.12. The fraction of sp³-hybridized carbons (Fsp3) is 0.182. The Morgan fingerprint density at radius 3 is 2.82 bits per heavy atom. The lowest BCUT2D eigenvalue weighted by Crippen LogP contribution is -2.06. The first-order valence-electron chi connectivity index (χ1n) is 4.86. The summed E-state index contributed by atoms with van der Waals surface area (Å²) in [7, 11) is 0. The Kier molecular flexibility index (Phi) is 3.03. The van der Waals surface area contributed by atoms with Crippen LogP contribution in [-0.2, 0) is 6.54 Å². The molecular formula is C11H9F3N2O. The third kappa shape index (κ3) is 2.41. The molecule has 1 aromatic carbocycles. The Labute approximate surface area is 95.1 Å². The van der Waals surface area contributed by atoms with Crippen LogP contribution in [0.25, 0.3) is 11.1 Å². The maximum absolute atomic E-state index is 13.5. The van der Waals surface area contributed by atoms with Gasteiger partial charge in [0, 0.05) is 17.3 Å². The molecule has 0 unspecified atom stereocenters. The van der Waals surface area contributed by atoms with Crippen LogP contribution in [0.1, 0.15) is 0 Å². The number of rotatable bonds is 3. The van der Waals surface area contributed by atoms with E-state index in [0.717, 1.165) is 4.68 Å². The summed E-state index contributed by atoms with van der Waals surface area (Å²) in [5.41, 5.74) is 0.476. The van der Waals surface area contributed by atoms with Crippen molar-refractivity contribution in [2.75, 3.05) is 0 Å². The number of phenolic OH excluding ortho intramolecular Hbond substituents is 1. The van der Waals surface area contributed by atoms with E-state index in [4.69, 9.17) is 0 Å². The molecule has 0 aliphatic heterocycles. The van der Waals surface area contributed by atoms with Crippen molar-refractivity contribution in [1.82, 2.24) is 9.78 Å². The quantitative estimate of drug-likeness (QED) is 0.898. The van der Waals surface area contributed by atoms with Gasteiger partial charge in [0.25, 0.3) is 6.43 Å². The second kappa shape index (κ2) is 4.48. The number of halogens is 3. The standard InChI is InChI=1S/C11H9F3N2O/c12-10(13)6-16-5-7(4-15-16)8-2-1-3-9(17)11(8)14/h1-5,10,17H,6H2. The molecule has 3 nitrogen and oxygen atoms in total. The fourth-order valence-corrected chi connectivity index (χ4v) is 1.49. The fourth-order valence-electron chi connectivity index (χ4n) is 1.49. The van der Waals surface area contributed by atoms with E-state index in [2.05, 4.69) is 5.10 Å². The van der Waals surface area contributed by atoms with Crippen LogP contribution in [0.4, 0.5) is 13.2 Å². The van der Waals surface area contributed by atoms with Gasteiger partial charge >= 0.3 is 0 Å². The molecule has 2 rings (SSSR count). The lowest BCUT2D eigenvalue weighted by Gasteiger charge is -2.01. The minimum absolute atomic E-state index is 0.130. The average Bonchev–Trinajstić information content (AvgIpc) is 2.69. The molecule has 1 N–H and O–H groups in total. The lowest BCUT2D eigenvalue weighted by atomic mass is 10.1. The third-order valence-electron chi connectivity index (χ3n) is 2.25. The first-order chi connectivity index (χ1) is 8.08. The van der Waals surface area contributed by atoms with E-state index in [-0.39, 0.29) is 5.56 Å². The topological polar surface area (TPSA) is 38.1 Å². The van der Waals surface area contributed by atoms with Gasteiger partial charge in [0.05, 0.1) is 6.20 Å². The monoisotopic (exact) mass is 242 g/mol. The predicted octanol–water partition coefficient (Wildman–Crippen LogP) is 2.66. The van der Waals surface area contributed by atoms with Crippen LogP contribution in [0.2, 0.25) is 0 Å². The van der Waals surface area contributed by atoms with Crippen molar-refractivity contribution in [3.8, 4) is 16.9 Å². The molecule has 0 amide bonds. The largest absolute Gasteiger partial charge is 0.505 e. The number of aromatic nitrogens is 2. The molecule has 0 saturated carbocycles. The van der Waals surface area contributed by atoms with Crippen molar-refractivity contribution in [1.29, 1.82) is 0 Å². The van der Waals surface area contributed by atoms with Gasteiger partial charge < -0.3 is 5.11 Å². The normalized spacial score (nSPS) is 11.1. The van der Waals surface area contributed by atoms with Crippen molar-refractivity contribution in [2.45, 2.75) is 13.0 Å². The van der Waals surface area contributed by atoms with E-state index < -0.39 is 24.5 Å². The zero-order chi connectivity index (χ0) is 12.4. The summed E-state index contributed by atoms with van der Waals surface area (Å²) in [5.74, 6) is -1.27. The molecule has 0 fully saturated rings. The molecule has 17 heavy (non-hydrogen) atoms. The van der Waals surface area contributed by atoms with Gasteiger partial charge in [0.2, 0.25) is 0 Å². The van der Waals surface area contributed by atoms with E-state index >= 15 is 0 Å². The zero-order valence-corrected chi connectivity index (χ0v) is 8.65. The number of alkyl halides is 2. The summed E-state index contributed by atoms with van der Waals surface area (Å²) in [4.78, 5) is 0. The molecule has 90 valence electrons. The van der Waals surface area contributed by atoms with Crippen LogP contribution in [0.3, 0.4) is 0 Å². The summed E-state index contributed by atoms with van der Waals surface area (Å²) >= 11 is 0. The van der Waals surface area contributed by atoms with Gasteiger partial charge in [0.15, 0.2) is 11.6 Å². The summed E-state index contributed by atoms with van der Waals surface area (Å²) in [5, 5.41) is 12.9. The number of aromatic hydroxyl groups is 1. The predicted molar refractivity (Wildman–Crippen MR) is 55.3 cm³/mol. The summed E-state index contributed by atoms with van der Waals surface area (Å²) < 4.78 is 38.8. The van der Waals surface area contributed by atoms with E-state index in [1.165, 1.54) is 30.6 Å². The van der Waals surface area contributed by atoms with Crippen molar-refractivity contribution in [3.63, 3.8) is 0 Å². The third-order valence-corrected chi connectivity index (χ3v) is 2.25. The van der Waals surface area contributed by atoms with Crippen molar-refractivity contribution in [2.24, 2.45) is 0 Å². The molecule has 0 aliphatic rings. The van der Waals surface area contributed by atoms with Crippen LogP contribution < -0.4 is 0 Å². The van der Waals surface area contributed by atoms with Crippen LogP contribution >= 0.6 is 0 Å². The number of hydrogen-bond donors (Lipinski definition) is 1. The second-order valence-corrected chi connectivity index (χ2v) is 3.48. The smallest absolute Gasteiger partial charge is 0.257 e. The van der Waals surface area contributed by atoms with Gasteiger partial charge in [-0.1, -0.05) is 12.1 Å². The molecule has 1 heterocycles. The lowest BCUT2D eigenvalue weighted by molar-refractivity contribution is 0.122. The molecule has 0 atom stereocenters. The van der Waals surface area contributed by atoms with Crippen LogP contribution in [-0.4, -0.2) is 21.3 Å². The van der Waals surface area contributed by atoms with Gasteiger partial charge in [-0.3, -0.25) is 4.68 Å². The number of phenols is 1. The maximum Gasteiger partial charge on any atom is 0.257 e. The van der Waals surface area contributed by atoms with Crippen molar-refractivity contribution < 1.29 is 18.3 Å². The Hall–Kier alpha value is -1.98. The van der Waals surface area contributed by atoms with Gasteiger partial charge in [-0.25, -0.2) is 13.2 Å². The molecule has 0 spiro atoms. The average molecular weight is 242 g/mol. The van der Waals surface area contributed by atoms with Crippen LogP contribution in [0.15, 0.2) is 30.6 Å². The van der Waals surface area contributed by atoms with Crippen molar-refractivity contribution >= 4 is 0 Å². The zero-order valence-electron chi connectivity index (χ0n) is 8.65. The Bertz CT molecular complexity index is 525. The SMILES string of the molecule is Oc1cccc(-c2cnn(CC(F)F)c2)c1F.